The van der Waals surface area contributed by atoms with Gasteiger partial charge in [-0.15, -0.1) is 0 Å². The van der Waals surface area contributed by atoms with Crippen molar-refractivity contribution < 1.29 is 18.1 Å². The van der Waals surface area contributed by atoms with Crippen LogP contribution >= 0.6 is 0 Å². The minimum atomic E-state index is -3.42. The highest BCUT2D eigenvalue weighted by atomic mass is 32.2. The molecule has 144 valence electrons. The monoisotopic (exact) mass is 380 g/mol. The van der Waals surface area contributed by atoms with E-state index in [1.165, 1.54) is 17.7 Å². The molecule has 0 bridgehead atoms. The average molecular weight is 381 g/mol. The second-order valence-corrected chi connectivity index (χ2v) is 9.60. The number of likely N-dealkylation sites (tertiary alicyclic amines) is 1. The lowest BCUT2D eigenvalue weighted by Gasteiger charge is -2.27. The lowest BCUT2D eigenvalue weighted by Crippen LogP contribution is -3.14. The standard InChI is InChI=1S/C19H29N3O3S/c1-16-6-5-11-21(14-16)15-19(23)20-17-7-9-18(10-8-17)26(24,25)22-12-3-2-4-13-22/h7-10,16H,2-6,11-15H2,1H3,(H,20,23)/p+1/t16-/m1/s1. The Morgan fingerprint density at radius 2 is 1.85 bits per heavy atom. The Labute approximate surface area is 156 Å². The van der Waals surface area contributed by atoms with Crippen LogP contribution in [-0.4, -0.2) is 51.4 Å². The van der Waals surface area contributed by atoms with Crippen molar-refractivity contribution in [2.75, 3.05) is 38.0 Å². The molecule has 0 aromatic heterocycles. The lowest BCUT2D eigenvalue weighted by molar-refractivity contribution is -0.900. The normalized spacial score (nSPS) is 25.0. The number of nitrogens with one attached hydrogen (secondary N) is 2. The van der Waals surface area contributed by atoms with Crippen LogP contribution in [0.5, 0.6) is 0 Å². The summed E-state index contributed by atoms with van der Waals surface area (Å²) in [5.41, 5.74) is 0.650. The van der Waals surface area contributed by atoms with Crippen LogP contribution in [-0.2, 0) is 14.8 Å². The molecule has 1 aromatic carbocycles. The van der Waals surface area contributed by atoms with Crippen LogP contribution in [0.1, 0.15) is 39.0 Å². The Morgan fingerprint density at radius 3 is 2.50 bits per heavy atom. The fraction of sp³-hybridized carbons (Fsp3) is 0.632. The number of nitrogens with zero attached hydrogens (tertiary/aromatic N) is 1. The van der Waals surface area contributed by atoms with Gasteiger partial charge in [0.25, 0.3) is 5.91 Å². The van der Waals surface area contributed by atoms with E-state index >= 15 is 0 Å². The van der Waals surface area contributed by atoms with Gasteiger partial charge in [0.1, 0.15) is 0 Å². The van der Waals surface area contributed by atoms with Crippen LogP contribution < -0.4 is 10.2 Å². The molecule has 3 rings (SSSR count). The Bertz CT molecular complexity index is 712. The summed E-state index contributed by atoms with van der Waals surface area (Å²) in [6, 6.07) is 6.55. The number of anilines is 1. The van der Waals surface area contributed by atoms with Crippen molar-refractivity contribution in [3.63, 3.8) is 0 Å². The van der Waals surface area contributed by atoms with Crippen molar-refractivity contribution in [1.82, 2.24) is 4.31 Å². The maximum Gasteiger partial charge on any atom is 0.279 e. The smallest absolute Gasteiger partial charge is 0.279 e. The molecule has 26 heavy (non-hydrogen) atoms. The average Bonchev–Trinajstić information content (AvgIpc) is 2.63. The molecule has 0 aliphatic carbocycles. The third kappa shape index (κ3) is 4.84. The summed E-state index contributed by atoms with van der Waals surface area (Å²) in [6.07, 6.45) is 5.36. The Morgan fingerprint density at radius 1 is 1.15 bits per heavy atom. The quantitative estimate of drug-likeness (QED) is 0.804. The zero-order valence-corrected chi connectivity index (χ0v) is 16.4. The molecular weight excluding hydrogens is 350 g/mol. The van der Waals surface area contributed by atoms with Crippen LogP contribution in [0.25, 0.3) is 0 Å². The Balaban J connectivity index is 1.57. The second-order valence-electron chi connectivity index (χ2n) is 7.67. The van der Waals surface area contributed by atoms with E-state index in [-0.39, 0.29) is 5.91 Å². The van der Waals surface area contributed by atoms with E-state index in [9.17, 15) is 13.2 Å². The van der Waals surface area contributed by atoms with E-state index in [4.69, 9.17) is 0 Å². The van der Waals surface area contributed by atoms with Gasteiger partial charge in [0.2, 0.25) is 10.0 Å². The Kier molecular flexibility index (Phi) is 6.32. The number of piperidine rings is 2. The fourth-order valence-corrected chi connectivity index (χ4v) is 5.47. The van der Waals surface area contributed by atoms with Crippen molar-refractivity contribution >= 4 is 21.6 Å². The summed E-state index contributed by atoms with van der Waals surface area (Å²) in [5, 5.41) is 2.89. The molecule has 2 aliphatic rings. The first-order valence-corrected chi connectivity index (χ1v) is 11.1. The highest BCUT2D eigenvalue weighted by Gasteiger charge is 2.26. The van der Waals surface area contributed by atoms with E-state index in [0.717, 1.165) is 32.4 Å². The van der Waals surface area contributed by atoms with Crippen LogP contribution in [0.4, 0.5) is 5.69 Å². The van der Waals surface area contributed by atoms with Crippen molar-refractivity contribution in [2.45, 2.75) is 43.9 Å². The van der Waals surface area contributed by atoms with E-state index in [1.807, 2.05) is 0 Å². The molecule has 2 N–H and O–H groups in total. The maximum atomic E-state index is 12.6. The van der Waals surface area contributed by atoms with Gasteiger partial charge in [0.15, 0.2) is 6.54 Å². The molecule has 2 aliphatic heterocycles. The van der Waals surface area contributed by atoms with Crippen molar-refractivity contribution in [2.24, 2.45) is 5.92 Å². The molecule has 2 saturated heterocycles. The summed E-state index contributed by atoms with van der Waals surface area (Å²) in [6.45, 7) is 5.98. The van der Waals surface area contributed by atoms with E-state index < -0.39 is 10.0 Å². The third-order valence-electron chi connectivity index (χ3n) is 5.37. The van der Waals surface area contributed by atoms with Gasteiger partial charge in [0, 0.05) is 24.7 Å². The molecule has 0 saturated carbocycles. The molecule has 1 amide bonds. The zero-order valence-electron chi connectivity index (χ0n) is 15.5. The van der Waals surface area contributed by atoms with Gasteiger partial charge in [-0.3, -0.25) is 4.79 Å². The van der Waals surface area contributed by atoms with Crippen molar-refractivity contribution in [3.05, 3.63) is 24.3 Å². The summed E-state index contributed by atoms with van der Waals surface area (Å²) in [4.78, 5) is 13.9. The highest BCUT2D eigenvalue weighted by molar-refractivity contribution is 7.89. The minimum Gasteiger partial charge on any atom is -0.327 e. The molecule has 1 aromatic rings. The molecule has 2 heterocycles. The van der Waals surface area contributed by atoms with Gasteiger partial charge >= 0.3 is 0 Å². The first-order valence-electron chi connectivity index (χ1n) is 9.69. The van der Waals surface area contributed by atoms with Crippen molar-refractivity contribution in [3.8, 4) is 0 Å². The number of carbonyl (C=O) groups is 1. The number of rotatable bonds is 5. The highest BCUT2D eigenvalue weighted by Crippen LogP contribution is 2.21. The number of amides is 1. The van der Waals surface area contributed by atoms with Crippen LogP contribution in [0.3, 0.4) is 0 Å². The maximum absolute atomic E-state index is 12.6. The first kappa shape index (κ1) is 19.3. The fourth-order valence-electron chi connectivity index (χ4n) is 3.95. The van der Waals surface area contributed by atoms with E-state index in [0.29, 0.717) is 36.1 Å². The molecule has 2 atom stereocenters. The van der Waals surface area contributed by atoms with E-state index in [1.54, 1.807) is 28.6 Å². The Hall–Kier alpha value is -1.44. The predicted octanol–water partition coefficient (Wildman–Crippen LogP) is 1.11. The number of sulfonamides is 1. The molecule has 1 unspecified atom stereocenters. The molecule has 0 spiro atoms. The second kappa shape index (κ2) is 8.50. The third-order valence-corrected chi connectivity index (χ3v) is 7.28. The number of hydrogen-bond donors (Lipinski definition) is 2. The minimum absolute atomic E-state index is 0.0132. The molecular formula is C19H30N3O3S+. The summed E-state index contributed by atoms with van der Waals surface area (Å²) in [5.74, 6) is 0.659. The molecule has 6 nitrogen and oxygen atoms in total. The van der Waals surface area contributed by atoms with Crippen molar-refractivity contribution in [1.29, 1.82) is 0 Å². The van der Waals surface area contributed by atoms with Gasteiger partial charge in [0.05, 0.1) is 18.0 Å². The van der Waals surface area contributed by atoms with Gasteiger partial charge in [-0.2, -0.15) is 4.31 Å². The number of carbonyl (C=O) groups excluding carboxylic acids is 1. The zero-order chi connectivity index (χ0) is 18.6. The number of quaternary nitrogens is 1. The molecule has 2 fully saturated rings. The van der Waals surface area contributed by atoms with Gasteiger partial charge in [-0.05, 0) is 49.9 Å². The SMILES string of the molecule is C[C@@H]1CCC[NH+](CC(=O)Nc2ccc(S(=O)(=O)N3CCCCC3)cc2)C1. The summed E-state index contributed by atoms with van der Waals surface area (Å²) in [7, 11) is -3.42. The first-order chi connectivity index (χ1) is 12.4. The predicted molar refractivity (Wildman–Crippen MR) is 102 cm³/mol. The summed E-state index contributed by atoms with van der Waals surface area (Å²) < 4.78 is 26.9. The van der Waals surface area contributed by atoms with Gasteiger partial charge in [-0.25, -0.2) is 8.42 Å². The lowest BCUT2D eigenvalue weighted by atomic mass is 10.0. The molecule has 7 heteroatoms. The topological polar surface area (TPSA) is 70.9 Å². The van der Waals surface area contributed by atoms with Crippen LogP contribution in [0, 0.1) is 5.92 Å². The van der Waals surface area contributed by atoms with Crippen LogP contribution in [0.15, 0.2) is 29.2 Å². The largest absolute Gasteiger partial charge is 0.327 e. The number of hydrogen-bond acceptors (Lipinski definition) is 3. The summed E-state index contributed by atoms with van der Waals surface area (Å²) >= 11 is 0. The van der Waals surface area contributed by atoms with Gasteiger partial charge in [-0.1, -0.05) is 13.3 Å². The number of benzene rings is 1. The van der Waals surface area contributed by atoms with Gasteiger partial charge < -0.3 is 10.2 Å². The molecule has 0 radical (unpaired) electrons. The van der Waals surface area contributed by atoms with Crippen LogP contribution in [0.2, 0.25) is 0 Å². The van der Waals surface area contributed by atoms with E-state index in [2.05, 4.69) is 12.2 Å².